The molecule has 1 aliphatic carbocycles. The lowest BCUT2D eigenvalue weighted by Gasteiger charge is -2.13. The molecule has 20 heavy (non-hydrogen) atoms. The Kier molecular flexibility index (Phi) is 2.80. The van der Waals surface area contributed by atoms with Crippen LogP contribution in [-0.4, -0.2) is 9.97 Å². The van der Waals surface area contributed by atoms with Crippen molar-refractivity contribution in [3.05, 3.63) is 72.1 Å². The second-order valence-corrected chi connectivity index (χ2v) is 6.04. The van der Waals surface area contributed by atoms with Crippen molar-refractivity contribution < 1.29 is 0 Å². The predicted molar refractivity (Wildman–Crippen MR) is 88.8 cm³/mol. The summed E-state index contributed by atoms with van der Waals surface area (Å²) < 4.78 is 0.316. The zero-order chi connectivity index (χ0) is 13.5. The van der Waals surface area contributed by atoms with Gasteiger partial charge in [0.25, 0.3) is 0 Å². The lowest BCUT2D eigenvalue weighted by atomic mass is 10.00. The minimum Gasteiger partial charge on any atom is -0.252 e. The van der Waals surface area contributed by atoms with E-state index in [2.05, 4.69) is 81.1 Å². The molecule has 1 heterocycles. The zero-order valence-corrected chi connectivity index (χ0v) is 12.8. The van der Waals surface area contributed by atoms with E-state index in [-0.39, 0.29) is 0 Å². The summed E-state index contributed by atoms with van der Waals surface area (Å²) in [6, 6.07) is 17.0. The Bertz CT molecular complexity index is 732. The number of rotatable bonds is 0. The fourth-order valence-corrected chi connectivity index (χ4v) is 3.85. The van der Waals surface area contributed by atoms with Gasteiger partial charge in [-0.3, -0.25) is 9.97 Å². The molecular formula is C17H11IN2. The van der Waals surface area contributed by atoms with E-state index in [9.17, 15) is 0 Å². The molecule has 1 aliphatic rings. The molecule has 3 heteroatoms. The minimum atomic E-state index is 0.316. The van der Waals surface area contributed by atoms with Crippen molar-refractivity contribution in [3.8, 4) is 22.5 Å². The lowest BCUT2D eigenvalue weighted by molar-refractivity contribution is 1.21. The molecule has 0 spiro atoms. The average molecular weight is 370 g/mol. The largest absolute Gasteiger partial charge is 0.252 e. The smallest absolute Gasteiger partial charge is 0.0968 e. The van der Waals surface area contributed by atoms with Crippen LogP contribution in [0.1, 0.15) is 15.1 Å². The molecular weight excluding hydrogens is 359 g/mol. The van der Waals surface area contributed by atoms with Crippen LogP contribution in [0.3, 0.4) is 0 Å². The molecule has 0 radical (unpaired) electrons. The Balaban J connectivity index is 2.17. The fraction of sp³-hybridized carbons (Fsp3) is 0.0588. The van der Waals surface area contributed by atoms with Gasteiger partial charge in [-0.15, -0.1) is 0 Å². The molecule has 2 nitrogen and oxygen atoms in total. The highest BCUT2D eigenvalue weighted by Gasteiger charge is 2.26. The summed E-state index contributed by atoms with van der Waals surface area (Å²) in [5.41, 5.74) is 6.95. The van der Waals surface area contributed by atoms with Gasteiger partial charge < -0.3 is 0 Å². The summed E-state index contributed by atoms with van der Waals surface area (Å²) in [6.45, 7) is 0. The highest BCUT2D eigenvalue weighted by Crippen LogP contribution is 2.46. The van der Waals surface area contributed by atoms with E-state index in [1.54, 1.807) is 12.4 Å². The number of fused-ring (bicyclic) bond motifs is 5. The molecule has 3 aromatic rings. The molecule has 0 atom stereocenters. The van der Waals surface area contributed by atoms with Crippen molar-refractivity contribution in [2.45, 2.75) is 3.92 Å². The van der Waals surface area contributed by atoms with E-state index in [1.165, 1.54) is 22.3 Å². The Morgan fingerprint density at radius 1 is 0.700 bits per heavy atom. The third-order valence-electron chi connectivity index (χ3n) is 3.68. The standard InChI is InChI=1S/C17H11IN2/c18-15-11-5-1-3-7-13(11)16-17(20-10-9-19-16)14-8-4-2-6-12(14)15/h1-10,15H. The van der Waals surface area contributed by atoms with Gasteiger partial charge in [-0.1, -0.05) is 71.1 Å². The molecule has 0 bridgehead atoms. The lowest BCUT2D eigenvalue weighted by Crippen LogP contribution is -1.94. The van der Waals surface area contributed by atoms with Gasteiger partial charge in [0.05, 0.1) is 15.3 Å². The number of hydrogen-bond donors (Lipinski definition) is 0. The monoisotopic (exact) mass is 370 g/mol. The van der Waals surface area contributed by atoms with Crippen molar-refractivity contribution >= 4 is 22.6 Å². The van der Waals surface area contributed by atoms with Crippen LogP contribution in [-0.2, 0) is 0 Å². The third kappa shape index (κ3) is 1.69. The molecule has 2 aromatic carbocycles. The van der Waals surface area contributed by atoms with Gasteiger partial charge in [0.1, 0.15) is 0 Å². The maximum absolute atomic E-state index is 4.59. The summed E-state index contributed by atoms with van der Waals surface area (Å²) in [7, 11) is 0. The first-order valence-electron chi connectivity index (χ1n) is 6.50. The van der Waals surface area contributed by atoms with Crippen LogP contribution in [0.5, 0.6) is 0 Å². The first-order chi connectivity index (χ1) is 9.86. The van der Waals surface area contributed by atoms with Gasteiger partial charge in [0, 0.05) is 23.5 Å². The summed E-state index contributed by atoms with van der Waals surface area (Å²) in [4.78, 5) is 9.18. The summed E-state index contributed by atoms with van der Waals surface area (Å²) in [5, 5.41) is 0. The second-order valence-electron chi connectivity index (χ2n) is 4.79. The van der Waals surface area contributed by atoms with E-state index in [1.807, 2.05) is 0 Å². The number of halogens is 1. The van der Waals surface area contributed by atoms with Crippen LogP contribution < -0.4 is 0 Å². The molecule has 4 rings (SSSR count). The SMILES string of the molecule is IC1c2ccccc2-c2nccnc2-c2ccccc21. The van der Waals surface area contributed by atoms with E-state index >= 15 is 0 Å². The van der Waals surface area contributed by atoms with Crippen LogP contribution in [0.25, 0.3) is 22.5 Å². The topological polar surface area (TPSA) is 25.8 Å². The third-order valence-corrected chi connectivity index (χ3v) is 5.02. The molecule has 0 amide bonds. The van der Waals surface area contributed by atoms with Gasteiger partial charge in [-0.05, 0) is 11.1 Å². The molecule has 96 valence electrons. The van der Waals surface area contributed by atoms with E-state index < -0.39 is 0 Å². The van der Waals surface area contributed by atoms with Crippen LogP contribution >= 0.6 is 22.6 Å². The van der Waals surface area contributed by atoms with Gasteiger partial charge in [-0.2, -0.15) is 0 Å². The van der Waals surface area contributed by atoms with Crippen molar-refractivity contribution in [2.24, 2.45) is 0 Å². The van der Waals surface area contributed by atoms with Gasteiger partial charge >= 0.3 is 0 Å². The maximum atomic E-state index is 4.59. The van der Waals surface area contributed by atoms with Crippen LogP contribution in [0.4, 0.5) is 0 Å². The first kappa shape index (κ1) is 12.0. The molecule has 0 aliphatic heterocycles. The molecule has 1 aromatic heterocycles. The van der Waals surface area contributed by atoms with Crippen LogP contribution in [0, 0.1) is 0 Å². The Morgan fingerprint density at radius 3 is 1.65 bits per heavy atom. The Hall–Kier alpha value is -1.75. The van der Waals surface area contributed by atoms with E-state index in [0.29, 0.717) is 3.92 Å². The van der Waals surface area contributed by atoms with Crippen molar-refractivity contribution in [3.63, 3.8) is 0 Å². The highest BCUT2D eigenvalue weighted by molar-refractivity contribution is 14.1. The van der Waals surface area contributed by atoms with E-state index in [4.69, 9.17) is 0 Å². The molecule has 0 saturated carbocycles. The molecule has 0 unspecified atom stereocenters. The number of benzene rings is 2. The number of alkyl halides is 1. The van der Waals surface area contributed by atoms with Crippen LogP contribution in [0.2, 0.25) is 0 Å². The molecule has 0 N–H and O–H groups in total. The fourth-order valence-electron chi connectivity index (χ4n) is 2.77. The van der Waals surface area contributed by atoms with Crippen molar-refractivity contribution in [1.29, 1.82) is 0 Å². The number of nitrogens with zero attached hydrogens (tertiary/aromatic N) is 2. The Morgan fingerprint density at radius 2 is 1.15 bits per heavy atom. The Labute approximate surface area is 131 Å². The van der Waals surface area contributed by atoms with Crippen LogP contribution in [0.15, 0.2) is 60.9 Å². The zero-order valence-electron chi connectivity index (χ0n) is 10.6. The predicted octanol–water partition coefficient (Wildman–Crippen LogP) is 4.65. The van der Waals surface area contributed by atoms with Crippen molar-refractivity contribution in [1.82, 2.24) is 9.97 Å². The highest BCUT2D eigenvalue weighted by atomic mass is 127. The normalized spacial score (nSPS) is 13.1. The minimum absolute atomic E-state index is 0.316. The average Bonchev–Trinajstić information content (AvgIpc) is 2.64. The molecule has 0 saturated heterocycles. The first-order valence-corrected chi connectivity index (χ1v) is 7.74. The summed E-state index contributed by atoms with van der Waals surface area (Å²) >= 11 is 2.51. The summed E-state index contributed by atoms with van der Waals surface area (Å²) in [6.07, 6.45) is 3.54. The molecule has 0 fully saturated rings. The second kappa shape index (κ2) is 4.66. The van der Waals surface area contributed by atoms with Crippen molar-refractivity contribution in [2.75, 3.05) is 0 Å². The van der Waals surface area contributed by atoms with Gasteiger partial charge in [0.2, 0.25) is 0 Å². The summed E-state index contributed by atoms with van der Waals surface area (Å²) in [5.74, 6) is 0. The van der Waals surface area contributed by atoms with Gasteiger partial charge in [0.15, 0.2) is 0 Å². The van der Waals surface area contributed by atoms with Gasteiger partial charge in [-0.25, -0.2) is 0 Å². The quantitative estimate of drug-likeness (QED) is 0.425. The van der Waals surface area contributed by atoms with E-state index in [0.717, 1.165) is 11.4 Å². The number of hydrogen-bond acceptors (Lipinski definition) is 2. The number of aromatic nitrogens is 2. The maximum Gasteiger partial charge on any atom is 0.0968 e.